The molecule has 0 amide bonds. The number of carbonyl (C=O) groups is 2. The van der Waals surface area contributed by atoms with E-state index in [1.165, 1.54) is 5.57 Å². The van der Waals surface area contributed by atoms with Gasteiger partial charge in [-0.2, -0.15) is 0 Å². The van der Waals surface area contributed by atoms with Crippen LogP contribution in [-0.4, -0.2) is 24.1 Å². The third-order valence-corrected chi connectivity index (χ3v) is 4.76. The smallest absolute Gasteiger partial charge is 0.334 e. The SMILES string of the molecule is C=C(C)C(=O)O[C@H]1C[C@H]2C(=C)C(=O)O[C@@H]2C=C(C)CCC[C@H]1C. The zero-order valence-corrected chi connectivity index (χ0v) is 14.3. The maximum atomic E-state index is 11.9. The molecule has 0 radical (unpaired) electrons. The second-order valence-corrected chi connectivity index (χ2v) is 6.84. The van der Waals surface area contributed by atoms with Crippen molar-refractivity contribution in [2.75, 3.05) is 0 Å². The van der Waals surface area contributed by atoms with Gasteiger partial charge in [0.2, 0.25) is 0 Å². The summed E-state index contributed by atoms with van der Waals surface area (Å²) in [6.07, 6.45) is 4.97. The van der Waals surface area contributed by atoms with Crippen LogP contribution >= 0.6 is 0 Å². The second-order valence-electron chi connectivity index (χ2n) is 6.84. The first-order valence-corrected chi connectivity index (χ1v) is 8.23. The molecule has 2 rings (SSSR count). The van der Waals surface area contributed by atoms with E-state index in [1.54, 1.807) is 6.92 Å². The first-order valence-electron chi connectivity index (χ1n) is 8.23. The van der Waals surface area contributed by atoms with Crippen molar-refractivity contribution in [2.45, 2.75) is 58.7 Å². The van der Waals surface area contributed by atoms with Crippen LogP contribution in [0, 0.1) is 11.8 Å². The predicted molar refractivity (Wildman–Crippen MR) is 88.6 cm³/mol. The van der Waals surface area contributed by atoms with E-state index in [9.17, 15) is 9.59 Å². The molecule has 1 heterocycles. The Kier molecular flexibility index (Phi) is 5.45. The summed E-state index contributed by atoms with van der Waals surface area (Å²) in [4.78, 5) is 23.8. The second kappa shape index (κ2) is 7.16. The van der Waals surface area contributed by atoms with Gasteiger partial charge in [-0.3, -0.25) is 0 Å². The highest BCUT2D eigenvalue weighted by Gasteiger charge is 2.40. The van der Waals surface area contributed by atoms with Gasteiger partial charge in [0.25, 0.3) is 0 Å². The van der Waals surface area contributed by atoms with Crippen molar-refractivity contribution in [3.05, 3.63) is 36.0 Å². The summed E-state index contributed by atoms with van der Waals surface area (Å²) < 4.78 is 11.1. The number of hydrogen-bond acceptors (Lipinski definition) is 4. The lowest BCUT2D eigenvalue weighted by Crippen LogP contribution is -2.31. The summed E-state index contributed by atoms with van der Waals surface area (Å²) in [5.74, 6) is -0.645. The normalized spacial score (nSPS) is 31.7. The van der Waals surface area contributed by atoms with Gasteiger partial charge in [-0.05, 0) is 51.5 Å². The highest BCUT2D eigenvalue weighted by molar-refractivity contribution is 5.91. The largest absolute Gasteiger partial charge is 0.459 e. The number of allylic oxidation sites excluding steroid dienone is 1. The molecule has 4 nitrogen and oxygen atoms in total. The van der Waals surface area contributed by atoms with Crippen molar-refractivity contribution >= 4 is 11.9 Å². The first-order chi connectivity index (χ1) is 10.8. The molecule has 0 aromatic rings. The minimum atomic E-state index is -0.377. The van der Waals surface area contributed by atoms with E-state index in [0.29, 0.717) is 17.6 Å². The Balaban J connectivity index is 2.26. The average molecular weight is 318 g/mol. The Hall–Kier alpha value is -1.84. The average Bonchev–Trinajstić information content (AvgIpc) is 2.73. The van der Waals surface area contributed by atoms with E-state index in [0.717, 1.165) is 19.3 Å². The molecule has 4 atom stereocenters. The Morgan fingerprint density at radius 1 is 1.43 bits per heavy atom. The van der Waals surface area contributed by atoms with Gasteiger partial charge in [-0.25, -0.2) is 9.59 Å². The van der Waals surface area contributed by atoms with Gasteiger partial charge >= 0.3 is 11.9 Å². The van der Waals surface area contributed by atoms with Crippen LogP contribution in [0.2, 0.25) is 0 Å². The lowest BCUT2D eigenvalue weighted by molar-refractivity contribution is -0.148. The Morgan fingerprint density at radius 2 is 2.13 bits per heavy atom. The molecule has 2 aliphatic rings. The Morgan fingerprint density at radius 3 is 2.78 bits per heavy atom. The van der Waals surface area contributed by atoms with Crippen molar-refractivity contribution in [3.8, 4) is 0 Å². The highest BCUT2D eigenvalue weighted by atomic mass is 16.6. The summed E-state index contributed by atoms with van der Waals surface area (Å²) in [5, 5.41) is 0. The lowest BCUT2D eigenvalue weighted by Gasteiger charge is -2.29. The third-order valence-electron chi connectivity index (χ3n) is 4.76. The minimum Gasteiger partial charge on any atom is -0.459 e. The van der Waals surface area contributed by atoms with Gasteiger partial charge in [-0.1, -0.05) is 25.7 Å². The molecule has 0 N–H and O–H groups in total. The molecule has 0 aromatic carbocycles. The Bertz CT molecular complexity index is 558. The van der Waals surface area contributed by atoms with Crippen LogP contribution in [0.25, 0.3) is 0 Å². The number of rotatable bonds is 2. The number of carbonyl (C=O) groups excluding carboxylic acids is 2. The van der Waals surface area contributed by atoms with Crippen LogP contribution in [0.4, 0.5) is 0 Å². The van der Waals surface area contributed by atoms with E-state index < -0.39 is 0 Å². The van der Waals surface area contributed by atoms with E-state index in [4.69, 9.17) is 9.47 Å². The molecule has 23 heavy (non-hydrogen) atoms. The van der Waals surface area contributed by atoms with Gasteiger partial charge in [0.05, 0.1) is 0 Å². The summed E-state index contributed by atoms with van der Waals surface area (Å²) in [6, 6.07) is 0. The zero-order chi connectivity index (χ0) is 17.1. The molecule has 4 heteroatoms. The number of fused-ring (bicyclic) bond motifs is 1. The van der Waals surface area contributed by atoms with Crippen LogP contribution in [0.3, 0.4) is 0 Å². The topological polar surface area (TPSA) is 52.6 Å². The molecular weight excluding hydrogens is 292 g/mol. The monoisotopic (exact) mass is 318 g/mol. The summed E-state index contributed by atoms with van der Waals surface area (Å²) in [5.41, 5.74) is 2.09. The van der Waals surface area contributed by atoms with Crippen LogP contribution in [0.5, 0.6) is 0 Å². The Labute approximate surface area is 138 Å². The van der Waals surface area contributed by atoms with Crippen LogP contribution in [0.15, 0.2) is 36.0 Å². The molecule has 0 bridgehead atoms. The molecule has 126 valence electrons. The molecule has 1 aliphatic carbocycles. The van der Waals surface area contributed by atoms with E-state index in [-0.39, 0.29) is 36.0 Å². The summed E-state index contributed by atoms with van der Waals surface area (Å²) in [6.45, 7) is 13.3. The van der Waals surface area contributed by atoms with Crippen molar-refractivity contribution in [3.63, 3.8) is 0 Å². The van der Waals surface area contributed by atoms with E-state index >= 15 is 0 Å². The van der Waals surface area contributed by atoms with Gasteiger partial charge < -0.3 is 9.47 Å². The predicted octanol–water partition coefficient (Wildman–Crippen LogP) is 3.73. The van der Waals surface area contributed by atoms with Crippen molar-refractivity contribution in [1.82, 2.24) is 0 Å². The molecule has 0 unspecified atom stereocenters. The standard InChI is InChI=1S/C19H26O4/c1-11(2)18(20)22-16-10-15-14(5)19(21)23-17(15)9-12(3)7-6-8-13(16)4/h9,13,15-17H,1,5-8,10H2,2-4H3/t13-,15+,16+,17-/m1/s1. The third kappa shape index (κ3) is 4.12. The summed E-state index contributed by atoms with van der Waals surface area (Å²) >= 11 is 0. The molecular formula is C19H26O4. The van der Waals surface area contributed by atoms with Crippen molar-refractivity contribution in [1.29, 1.82) is 0 Å². The fourth-order valence-corrected chi connectivity index (χ4v) is 3.20. The van der Waals surface area contributed by atoms with Crippen molar-refractivity contribution < 1.29 is 19.1 Å². The minimum absolute atomic E-state index is 0.138. The van der Waals surface area contributed by atoms with Gasteiger partial charge in [0.15, 0.2) is 0 Å². The maximum absolute atomic E-state index is 11.9. The number of ether oxygens (including phenoxy) is 2. The zero-order valence-electron chi connectivity index (χ0n) is 14.3. The van der Waals surface area contributed by atoms with Gasteiger partial charge in [0, 0.05) is 17.1 Å². The van der Waals surface area contributed by atoms with Crippen LogP contribution in [-0.2, 0) is 19.1 Å². The van der Waals surface area contributed by atoms with E-state index in [2.05, 4.69) is 27.0 Å². The molecule has 0 aromatic heterocycles. The van der Waals surface area contributed by atoms with Crippen molar-refractivity contribution in [2.24, 2.45) is 11.8 Å². The van der Waals surface area contributed by atoms with Crippen LogP contribution in [0.1, 0.15) is 46.5 Å². The number of esters is 2. The molecule has 1 saturated heterocycles. The van der Waals surface area contributed by atoms with Gasteiger partial charge in [0.1, 0.15) is 12.2 Å². The summed E-state index contributed by atoms with van der Waals surface area (Å²) in [7, 11) is 0. The quantitative estimate of drug-likeness (QED) is 0.442. The first kappa shape index (κ1) is 17.5. The lowest BCUT2D eigenvalue weighted by atomic mass is 9.83. The van der Waals surface area contributed by atoms with E-state index in [1.807, 2.05) is 6.08 Å². The molecule has 1 fully saturated rings. The van der Waals surface area contributed by atoms with Gasteiger partial charge in [-0.15, -0.1) is 0 Å². The maximum Gasteiger partial charge on any atom is 0.334 e. The molecule has 0 saturated carbocycles. The fraction of sp³-hybridized carbons (Fsp3) is 0.579. The number of hydrogen-bond donors (Lipinski definition) is 0. The fourth-order valence-electron chi connectivity index (χ4n) is 3.20. The highest BCUT2D eigenvalue weighted by Crippen LogP contribution is 2.36. The molecule has 1 aliphatic heterocycles. The van der Waals surface area contributed by atoms with Crippen LogP contribution < -0.4 is 0 Å². The molecule has 0 spiro atoms.